The van der Waals surface area contributed by atoms with Crippen LogP contribution in [0.15, 0.2) is 35.1 Å². The molecule has 1 aliphatic carbocycles. The number of halogens is 1. The SMILES string of the molecule is Cc1cnn(-c2ccc(Br)cc2CNC2CC2)c1. The number of nitrogens with zero attached hydrogens (tertiary/aromatic N) is 2. The molecule has 1 saturated carbocycles. The van der Waals surface area contributed by atoms with Crippen LogP contribution < -0.4 is 5.32 Å². The molecular formula is C14H16BrN3. The van der Waals surface area contributed by atoms with Gasteiger partial charge in [0.1, 0.15) is 0 Å². The average Bonchev–Trinajstić information content (AvgIpc) is 3.08. The van der Waals surface area contributed by atoms with E-state index in [0.717, 1.165) is 22.7 Å². The Morgan fingerprint density at radius 1 is 1.44 bits per heavy atom. The molecule has 1 aliphatic rings. The highest BCUT2D eigenvalue weighted by Gasteiger charge is 2.20. The van der Waals surface area contributed by atoms with Gasteiger partial charge in [0, 0.05) is 23.3 Å². The molecule has 3 nitrogen and oxygen atoms in total. The second-order valence-electron chi connectivity index (χ2n) is 4.89. The van der Waals surface area contributed by atoms with Crippen LogP contribution in [-0.4, -0.2) is 15.8 Å². The minimum atomic E-state index is 0.719. The molecule has 4 heteroatoms. The Morgan fingerprint density at radius 2 is 2.28 bits per heavy atom. The number of benzene rings is 1. The van der Waals surface area contributed by atoms with Gasteiger partial charge >= 0.3 is 0 Å². The Bertz CT molecular complexity index is 558. The summed E-state index contributed by atoms with van der Waals surface area (Å²) >= 11 is 3.54. The van der Waals surface area contributed by atoms with Crippen molar-refractivity contribution in [1.82, 2.24) is 15.1 Å². The van der Waals surface area contributed by atoms with Gasteiger partial charge in [-0.3, -0.25) is 0 Å². The number of aryl methyl sites for hydroxylation is 1. The molecule has 0 unspecified atom stereocenters. The maximum Gasteiger partial charge on any atom is 0.0691 e. The minimum absolute atomic E-state index is 0.719. The van der Waals surface area contributed by atoms with E-state index in [9.17, 15) is 0 Å². The van der Waals surface area contributed by atoms with Crippen molar-refractivity contribution >= 4 is 15.9 Å². The molecule has 0 saturated heterocycles. The smallest absolute Gasteiger partial charge is 0.0691 e. The summed E-state index contributed by atoms with van der Waals surface area (Å²) in [6.07, 6.45) is 6.57. The van der Waals surface area contributed by atoms with E-state index in [2.05, 4.69) is 57.7 Å². The van der Waals surface area contributed by atoms with E-state index >= 15 is 0 Å². The molecule has 3 rings (SSSR count). The predicted molar refractivity (Wildman–Crippen MR) is 75.9 cm³/mol. The van der Waals surface area contributed by atoms with Gasteiger partial charge in [-0.1, -0.05) is 15.9 Å². The molecule has 0 atom stereocenters. The Kier molecular flexibility index (Phi) is 3.22. The lowest BCUT2D eigenvalue weighted by Crippen LogP contribution is -2.17. The van der Waals surface area contributed by atoms with Crippen LogP contribution in [0.5, 0.6) is 0 Å². The van der Waals surface area contributed by atoms with Crippen molar-refractivity contribution in [3.8, 4) is 5.69 Å². The standard InChI is InChI=1S/C14H16BrN3/c1-10-7-17-18(9-10)14-5-2-12(15)6-11(14)8-16-13-3-4-13/h2,5-7,9,13,16H,3-4,8H2,1H3. The molecule has 1 N–H and O–H groups in total. The Morgan fingerprint density at radius 3 is 2.94 bits per heavy atom. The number of rotatable bonds is 4. The van der Waals surface area contributed by atoms with Crippen LogP contribution in [0.1, 0.15) is 24.0 Å². The summed E-state index contributed by atoms with van der Waals surface area (Å²) in [5.74, 6) is 0. The minimum Gasteiger partial charge on any atom is -0.310 e. The van der Waals surface area contributed by atoms with E-state index in [1.165, 1.54) is 24.0 Å². The summed E-state index contributed by atoms with van der Waals surface area (Å²) in [5.41, 5.74) is 3.61. The fourth-order valence-corrected chi connectivity index (χ4v) is 2.41. The van der Waals surface area contributed by atoms with Gasteiger partial charge in [-0.2, -0.15) is 5.10 Å². The van der Waals surface area contributed by atoms with E-state index in [-0.39, 0.29) is 0 Å². The highest BCUT2D eigenvalue weighted by Crippen LogP contribution is 2.23. The van der Waals surface area contributed by atoms with Crippen LogP contribution in [-0.2, 0) is 6.54 Å². The predicted octanol–water partition coefficient (Wildman–Crippen LogP) is 3.20. The number of hydrogen-bond donors (Lipinski definition) is 1. The third-order valence-electron chi connectivity index (χ3n) is 3.16. The van der Waals surface area contributed by atoms with E-state index in [0.29, 0.717) is 0 Å². The topological polar surface area (TPSA) is 29.9 Å². The summed E-state index contributed by atoms with van der Waals surface area (Å²) in [5, 5.41) is 7.95. The second-order valence-corrected chi connectivity index (χ2v) is 5.81. The van der Waals surface area contributed by atoms with Crippen LogP contribution in [0.25, 0.3) is 5.69 Å². The first-order chi connectivity index (χ1) is 8.72. The zero-order valence-corrected chi connectivity index (χ0v) is 11.9. The van der Waals surface area contributed by atoms with Crippen LogP contribution in [0.3, 0.4) is 0 Å². The summed E-state index contributed by atoms with van der Waals surface area (Å²) in [4.78, 5) is 0. The summed E-state index contributed by atoms with van der Waals surface area (Å²) in [6.45, 7) is 2.96. The highest BCUT2D eigenvalue weighted by atomic mass is 79.9. The first-order valence-electron chi connectivity index (χ1n) is 6.26. The lowest BCUT2D eigenvalue weighted by molar-refractivity contribution is 0.681. The molecule has 18 heavy (non-hydrogen) atoms. The average molecular weight is 306 g/mol. The lowest BCUT2D eigenvalue weighted by atomic mass is 10.1. The largest absolute Gasteiger partial charge is 0.310 e. The second kappa shape index (κ2) is 4.86. The summed E-state index contributed by atoms with van der Waals surface area (Å²) in [7, 11) is 0. The molecule has 1 heterocycles. The molecule has 1 aromatic heterocycles. The van der Waals surface area contributed by atoms with Gasteiger partial charge in [-0.25, -0.2) is 4.68 Å². The van der Waals surface area contributed by atoms with E-state index < -0.39 is 0 Å². The van der Waals surface area contributed by atoms with Crippen molar-refractivity contribution in [3.63, 3.8) is 0 Å². The van der Waals surface area contributed by atoms with Crippen LogP contribution >= 0.6 is 15.9 Å². The number of nitrogens with one attached hydrogen (secondary N) is 1. The summed E-state index contributed by atoms with van der Waals surface area (Å²) < 4.78 is 3.06. The molecule has 94 valence electrons. The highest BCUT2D eigenvalue weighted by molar-refractivity contribution is 9.10. The van der Waals surface area contributed by atoms with E-state index in [1.54, 1.807) is 0 Å². The van der Waals surface area contributed by atoms with Gasteiger partial charge in [0.15, 0.2) is 0 Å². The maximum absolute atomic E-state index is 4.39. The first kappa shape index (κ1) is 11.9. The van der Waals surface area contributed by atoms with Crippen molar-refractivity contribution in [2.45, 2.75) is 32.4 Å². The van der Waals surface area contributed by atoms with Gasteiger partial charge in [0.2, 0.25) is 0 Å². The number of aromatic nitrogens is 2. The van der Waals surface area contributed by atoms with E-state index in [4.69, 9.17) is 0 Å². The van der Waals surface area contributed by atoms with Crippen LogP contribution in [0.4, 0.5) is 0 Å². The van der Waals surface area contributed by atoms with Gasteiger partial charge in [-0.05, 0) is 49.1 Å². The van der Waals surface area contributed by atoms with Gasteiger partial charge in [0.05, 0.1) is 11.9 Å². The van der Waals surface area contributed by atoms with Crippen LogP contribution in [0, 0.1) is 6.92 Å². The molecule has 0 radical (unpaired) electrons. The third kappa shape index (κ3) is 2.65. The van der Waals surface area contributed by atoms with Gasteiger partial charge in [0.25, 0.3) is 0 Å². The molecule has 0 amide bonds. The molecule has 0 spiro atoms. The lowest BCUT2D eigenvalue weighted by Gasteiger charge is -2.11. The number of hydrogen-bond acceptors (Lipinski definition) is 2. The van der Waals surface area contributed by atoms with Crippen molar-refractivity contribution in [2.75, 3.05) is 0 Å². The van der Waals surface area contributed by atoms with Crippen LogP contribution in [0.2, 0.25) is 0 Å². The first-order valence-corrected chi connectivity index (χ1v) is 7.05. The fourth-order valence-electron chi connectivity index (χ4n) is 2.01. The third-order valence-corrected chi connectivity index (χ3v) is 3.65. The molecule has 1 fully saturated rings. The molecule has 0 aliphatic heterocycles. The zero-order chi connectivity index (χ0) is 12.5. The summed E-state index contributed by atoms with van der Waals surface area (Å²) in [6, 6.07) is 7.06. The molecule has 0 bridgehead atoms. The maximum atomic E-state index is 4.39. The fraction of sp³-hybridized carbons (Fsp3) is 0.357. The monoisotopic (exact) mass is 305 g/mol. The quantitative estimate of drug-likeness (QED) is 0.940. The Labute approximate surface area is 115 Å². The Hall–Kier alpha value is -1.13. The Balaban J connectivity index is 1.91. The van der Waals surface area contributed by atoms with Crippen molar-refractivity contribution in [1.29, 1.82) is 0 Å². The normalized spacial score (nSPS) is 15.0. The molecule has 2 aromatic rings. The van der Waals surface area contributed by atoms with E-state index in [1.807, 2.05) is 10.9 Å². The van der Waals surface area contributed by atoms with Gasteiger partial charge in [-0.15, -0.1) is 0 Å². The van der Waals surface area contributed by atoms with Gasteiger partial charge < -0.3 is 5.32 Å². The zero-order valence-electron chi connectivity index (χ0n) is 10.4. The van der Waals surface area contributed by atoms with Crippen molar-refractivity contribution < 1.29 is 0 Å². The molecular weight excluding hydrogens is 290 g/mol. The molecule has 1 aromatic carbocycles. The van der Waals surface area contributed by atoms with Crippen molar-refractivity contribution in [3.05, 3.63) is 46.2 Å². The van der Waals surface area contributed by atoms with Crippen molar-refractivity contribution in [2.24, 2.45) is 0 Å².